The molecule has 4 rings (SSSR count). The van der Waals surface area contributed by atoms with Gasteiger partial charge in [-0.05, 0) is 42.0 Å². The van der Waals surface area contributed by atoms with E-state index in [-0.39, 0.29) is 10.5 Å². The molecule has 0 amide bonds. The third kappa shape index (κ3) is 3.34. The molecule has 0 aliphatic heterocycles. The number of aryl methyl sites for hydroxylation is 1. The van der Waals surface area contributed by atoms with Crippen molar-refractivity contribution in [3.63, 3.8) is 0 Å². The van der Waals surface area contributed by atoms with Gasteiger partial charge in [-0.2, -0.15) is 0 Å². The van der Waals surface area contributed by atoms with E-state index in [9.17, 15) is 13.2 Å². The lowest BCUT2D eigenvalue weighted by Crippen LogP contribution is -2.16. The van der Waals surface area contributed by atoms with E-state index in [1.165, 1.54) is 16.9 Å². The summed E-state index contributed by atoms with van der Waals surface area (Å²) in [5, 5.41) is 4.68. The average molecular weight is 380 g/mol. The molecule has 2 N–H and O–H groups in total. The predicted molar refractivity (Wildman–Crippen MR) is 104 cm³/mol. The van der Waals surface area contributed by atoms with Crippen LogP contribution in [0.5, 0.6) is 0 Å². The Balaban J connectivity index is 1.62. The van der Waals surface area contributed by atoms with Gasteiger partial charge in [0.1, 0.15) is 0 Å². The van der Waals surface area contributed by atoms with E-state index in [1.54, 1.807) is 37.3 Å². The first kappa shape index (κ1) is 17.0. The molecule has 0 aliphatic carbocycles. The van der Waals surface area contributed by atoms with E-state index in [4.69, 9.17) is 0 Å². The summed E-state index contributed by atoms with van der Waals surface area (Å²) in [6.07, 6.45) is 1.37. The predicted octanol–water partition coefficient (Wildman–Crippen LogP) is 2.82. The Labute approximate surface area is 155 Å². The van der Waals surface area contributed by atoms with Gasteiger partial charge < -0.3 is 0 Å². The fraction of sp³-hybridized carbons (Fsp3) is 0.0526. The summed E-state index contributed by atoms with van der Waals surface area (Å²) < 4.78 is 29.1. The Morgan fingerprint density at radius 3 is 2.44 bits per heavy atom. The Hall–Kier alpha value is -3.39. The Morgan fingerprint density at radius 1 is 1.00 bits per heavy atom. The molecule has 0 aliphatic rings. The standard InChI is InChI=1S/C19H16N4O3S/c1-13-10-19(24)23(21-13)18-9-7-16(12-20-18)22-27(25,26)17-8-6-14-4-2-3-5-15(14)11-17/h2-12,21-22H,1H3. The molecule has 0 bridgehead atoms. The molecular weight excluding hydrogens is 364 g/mol. The first-order valence-corrected chi connectivity index (χ1v) is 9.67. The Morgan fingerprint density at radius 2 is 1.78 bits per heavy atom. The number of aromatic nitrogens is 3. The molecule has 27 heavy (non-hydrogen) atoms. The quantitative estimate of drug-likeness (QED) is 0.569. The van der Waals surface area contributed by atoms with Crippen LogP contribution in [0, 0.1) is 6.92 Å². The summed E-state index contributed by atoms with van der Waals surface area (Å²) in [6.45, 7) is 1.77. The number of hydrogen-bond donors (Lipinski definition) is 2. The zero-order valence-corrected chi connectivity index (χ0v) is 15.2. The van der Waals surface area contributed by atoms with Crippen LogP contribution in [0.15, 0.2) is 76.6 Å². The lowest BCUT2D eigenvalue weighted by Gasteiger charge is -2.09. The fourth-order valence-corrected chi connectivity index (χ4v) is 3.89. The highest BCUT2D eigenvalue weighted by molar-refractivity contribution is 7.92. The maximum atomic E-state index is 12.7. The molecule has 0 saturated heterocycles. The van der Waals surface area contributed by atoms with Crippen molar-refractivity contribution in [3.8, 4) is 5.82 Å². The van der Waals surface area contributed by atoms with Crippen molar-refractivity contribution >= 4 is 26.5 Å². The first-order valence-electron chi connectivity index (χ1n) is 8.19. The van der Waals surface area contributed by atoms with E-state index in [0.29, 0.717) is 17.2 Å². The van der Waals surface area contributed by atoms with Gasteiger partial charge in [-0.3, -0.25) is 14.6 Å². The molecule has 0 radical (unpaired) electrons. The molecule has 0 fully saturated rings. The van der Waals surface area contributed by atoms with Gasteiger partial charge in [-0.15, -0.1) is 0 Å². The van der Waals surface area contributed by atoms with Crippen molar-refractivity contribution in [2.45, 2.75) is 11.8 Å². The molecular formula is C19H16N4O3S. The van der Waals surface area contributed by atoms with E-state index < -0.39 is 10.0 Å². The molecule has 0 saturated carbocycles. The van der Waals surface area contributed by atoms with Crippen LogP contribution in [0.3, 0.4) is 0 Å². The summed E-state index contributed by atoms with van der Waals surface area (Å²) in [5.41, 5.74) is 0.788. The normalized spacial score (nSPS) is 11.6. The van der Waals surface area contributed by atoms with Crippen LogP contribution in [0.25, 0.3) is 16.6 Å². The first-order chi connectivity index (χ1) is 12.9. The number of rotatable bonds is 4. The van der Waals surface area contributed by atoms with Gasteiger partial charge in [0.2, 0.25) is 0 Å². The third-order valence-corrected chi connectivity index (χ3v) is 5.49. The minimum absolute atomic E-state index is 0.168. The molecule has 136 valence electrons. The number of benzene rings is 2. The highest BCUT2D eigenvalue weighted by Gasteiger charge is 2.15. The smallest absolute Gasteiger partial charge is 0.272 e. The van der Waals surface area contributed by atoms with E-state index in [0.717, 1.165) is 10.8 Å². The Kier molecular flexibility index (Phi) is 4.04. The third-order valence-electron chi connectivity index (χ3n) is 4.11. The summed E-state index contributed by atoms with van der Waals surface area (Å²) in [6, 6.07) is 17.1. The number of hydrogen-bond acceptors (Lipinski definition) is 4. The lowest BCUT2D eigenvalue weighted by molar-refractivity contribution is 0.601. The zero-order valence-electron chi connectivity index (χ0n) is 14.4. The molecule has 0 unspecified atom stereocenters. The maximum Gasteiger partial charge on any atom is 0.272 e. The van der Waals surface area contributed by atoms with Crippen molar-refractivity contribution in [3.05, 3.63) is 82.9 Å². The minimum atomic E-state index is -3.75. The molecule has 0 atom stereocenters. The van der Waals surface area contributed by atoms with Crippen LogP contribution < -0.4 is 10.3 Å². The number of nitrogens with one attached hydrogen (secondary N) is 2. The molecule has 7 nitrogen and oxygen atoms in total. The van der Waals surface area contributed by atoms with Crippen LogP contribution in [0.4, 0.5) is 5.69 Å². The van der Waals surface area contributed by atoms with E-state index in [2.05, 4.69) is 14.8 Å². The number of nitrogens with zero attached hydrogens (tertiary/aromatic N) is 2. The van der Waals surface area contributed by atoms with Crippen LogP contribution >= 0.6 is 0 Å². The molecule has 0 spiro atoms. The van der Waals surface area contributed by atoms with Gasteiger partial charge in [0.25, 0.3) is 15.6 Å². The SMILES string of the molecule is Cc1cc(=O)n(-c2ccc(NS(=O)(=O)c3ccc4ccccc4c3)cn2)[nH]1. The number of pyridine rings is 1. The van der Waals surface area contributed by atoms with Crippen molar-refractivity contribution in [2.24, 2.45) is 0 Å². The Bertz CT molecular complexity index is 1290. The number of aromatic amines is 1. The van der Waals surface area contributed by atoms with Gasteiger partial charge >= 0.3 is 0 Å². The maximum absolute atomic E-state index is 12.7. The summed E-state index contributed by atoms with van der Waals surface area (Å²) in [4.78, 5) is 16.2. The van der Waals surface area contributed by atoms with Crippen LogP contribution in [-0.4, -0.2) is 23.2 Å². The molecule has 2 heterocycles. The van der Waals surface area contributed by atoms with Crippen LogP contribution in [0.1, 0.15) is 5.69 Å². The molecule has 8 heteroatoms. The fourth-order valence-electron chi connectivity index (χ4n) is 2.81. The van der Waals surface area contributed by atoms with E-state index in [1.807, 2.05) is 24.3 Å². The van der Waals surface area contributed by atoms with Crippen molar-refractivity contribution < 1.29 is 8.42 Å². The van der Waals surface area contributed by atoms with Gasteiger partial charge in [0, 0.05) is 11.8 Å². The highest BCUT2D eigenvalue weighted by atomic mass is 32.2. The largest absolute Gasteiger partial charge is 0.294 e. The number of fused-ring (bicyclic) bond motifs is 1. The summed E-state index contributed by atoms with van der Waals surface area (Å²) in [5.74, 6) is 0.377. The summed E-state index contributed by atoms with van der Waals surface area (Å²) in [7, 11) is -3.75. The van der Waals surface area contributed by atoms with Gasteiger partial charge in [0.15, 0.2) is 5.82 Å². The van der Waals surface area contributed by atoms with Crippen molar-refractivity contribution in [2.75, 3.05) is 4.72 Å². The number of sulfonamides is 1. The van der Waals surface area contributed by atoms with Crippen LogP contribution in [0.2, 0.25) is 0 Å². The lowest BCUT2D eigenvalue weighted by atomic mass is 10.1. The average Bonchev–Trinajstić information content (AvgIpc) is 3.00. The highest BCUT2D eigenvalue weighted by Crippen LogP contribution is 2.21. The van der Waals surface area contributed by atoms with Gasteiger partial charge in [-0.1, -0.05) is 30.3 Å². The second kappa shape index (κ2) is 6.40. The van der Waals surface area contributed by atoms with E-state index >= 15 is 0 Å². The topological polar surface area (TPSA) is 96.8 Å². The zero-order chi connectivity index (χ0) is 19.0. The minimum Gasteiger partial charge on any atom is -0.294 e. The summed E-state index contributed by atoms with van der Waals surface area (Å²) >= 11 is 0. The molecule has 2 aromatic carbocycles. The van der Waals surface area contributed by atoms with Crippen molar-refractivity contribution in [1.29, 1.82) is 0 Å². The monoisotopic (exact) mass is 380 g/mol. The van der Waals surface area contributed by atoms with Crippen LogP contribution in [-0.2, 0) is 10.0 Å². The molecule has 4 aromatic rings. The second-order valence-corrected chi connectivity index (χ2v) is 7.81. The number of H-pyrrole nitrogens is 1. The molecule has 2 aromatic heterocycles. The van der Waals surface area contributed by atoms with Crippen molar-refractivity contribution in [1.82, 2.24) is 14.8 Å². The second-order valence-electron chi connectivity index (χ2n) is 6.13. The van der Waals surface area contributed by atoms with Gasteiger partial charge in [0.05, 0.1) is 16.8 Å². The van der Waals surface area contributed by atoms with Gasteiger partial charge in [-0.25, -0.2) is 18.1 Å². The number of anilines is 1.